The van der Waals surface area contributed by atoms with E-state index in [0.29, 0.717) is 10.9 Å². The molecule has 1 saturated heterocycles. The van der Waals surface area contributed by atoms with E-state index in [0.717, 1.165) is 55.7 Å². The molecule has 7 nitrogen and oxygen atoms in total. The second-order valence-corrected chi connectivity index (χ2v) is 11.9. The molecule has 2 fully saturated rings. The topological polar surface area (TPSA) is 70.2 Å². The van der Waals surface area contributed by atoms with E-state index in [9.17, 15) is 14.4 Å². The summed E-state index contributed by atoms with van der Waals surface area (Å²) in [5, 5.41) is 0.599. The van der Waals surface area contributed by atoms with Gasteiger partial charge in [-0.3, -0.25) is 14.5 Å². The summed E-state index contributed by atoms with van der Waals surface area (Å²) in [7, 11) is 1.57. The lowest BCUT2D eigenvalue weighted by molar-refractivity contribution is -0.140. The molecular weight excluding hydrogens is 478 g/mol. The lowest BCUT2D eigenvalue weighted by Gasteiger charge is -2.41. The van der Waals surface area contributed by atoms with E-state index in [1.165, 1.54) is 17.7 Å². The summed E-state index contributed by atoms with van der Waals surface area (Å²) in [6, 6.07) is 3.99. The molecule has 1 aliphatic heterocycles. The molecule has 2 aliphatic rings. The number of ether oxygens (including phenoxy) is 1. The van der Waals surface area contributed by atoms with E-state index in [1.54, 1.807) is 27.8 Å². The minimum atomic E-state index is -0.612. The van der Waals surface area contributed by atoms with E-state index in [-0.39, 0.29) is 30.7 Å². The molecule has 1 aliphatic carbocycles. The average Bonchev–Trinajstić information content (AvgIpc) is 3.30. The molecule has 1 saturated carbocycles. The van der Waals surface area contributed by atoms with Crippen molar-refractivity contribution in [1.29, 1.82) is 0 Å². The summed E-state index contributed by atoms with van der Waals surface area (Å²) in [6.07, 6.45) is 4.08. The number of carbonyl (C=O) groups excluding carboxylic acids is 3. The summed E-state index contributed by atoms with van der Waals surface area (Å²) in [5.74, 6) is 0.465. The molecule has 0 spiro atoms. The molecule has 1 aromatic carbocycles. The molecule has 36 heavy (non-hydrogen) atoms. The number of hydrogen-bond acceptors (Lipinski definition) is 5. The number of Topliss-reactive ketones (excluding diaryl/α,β-unsaturated/α-hetero) is 1. The highest BCUT2D eigenvalue weighted by molar-refractivity contribution is 6.30. The highest BCUT2D eigenvalue weighted by atomic mass is 35.5. The third-order valence-electron chi connectivity index (χ3n) is 7.19. The van der Waals surface area contributed by atoms with Gasteiger partial charge in [0.2, 0.25) is 5.91 Å². The van der Waals surface area contributed by atoms with Gasteiger partial charge in [0.25, 0.3) is 0 Å². The number of piperazine rings is 1. The van der Waals surface area contributed by atoms with Crippen molar-refractivity contribution in [1.82, 2.24) is 14.7 Å². The van der Waals surface area contributed by atoms with Crippen LogP contribution >= 0.6 is 11.6 Å². The van der Waals surface area contributed by atoms with Crippen molar-refractivity contribution < 1.29 is 19.1 Å². The summed E-state index contributed by atoms with van der Waals surface area (Å²) >= 11 is 6.45. The first kappa shape index (κ1) is 28.5. The van der Waals surface area contributed by atoms with Gasteiger partial charge in [0.15, 0.2) is 5.78 Å². The zero-order valence-corrected chi connectivity index (χ0v) is 23.5. The fourth-order valence-corrected chi connectivity index (χ4v) is 5.50. The predicted molar refractivity (Wildman–Crippen MR) is 142 cm³/mol. The zero-order valence-electron chi connectivity index (χ0n) is 22.7. The van der Waals surface area contributed by atoms with Crippen LogP contribution in [0.5, 0.6) is 0 Å². The van der Waals surface area contributed by atoms with Gasteiger partial charge < -0.3 is 14.5 Å². The number of ketones is 1. The maximum atomic E-state index is 12.9. The first-order valence-corrected chi connectivity index (χ1v) is 13.5. The molecule has 3 rings (SSSR count). The molecule has 8 heteroatoms. The molecule has 1 atom stereocenters. The van der Waals surface area contributed by atoms with Gasteiger partial charge in [0, 0.05) is 56.6 Å². The molecule has 0 N–H and O–H groups in total. The van der Waals surface area contributed by atoms with E-state index < -0.39 is 11.7 Å². The van der Waals surface area contributed by atoms with E-state index in [2.05, 4.69) is 16.7 Å². The SMILES string of the molecule is Cc1c(CC(=O)CN(C)C(=O)OC(C)(C)C)cc(Cl)cc1CN1CCN(C(=O)C2CCCC2)[C@@H](C)C1. The van der Waals surface area contributed by atoms with Gasteiger partial charge in [-0.2, -0.15) is 0 Å². The minimum absolute atomic E-state index is 0.0231. The van der Waals surface area contributed by atoms with Crippen LogP contribution in [0.25, 0.3) is 0 Å². The van der Waals surface area contributed by atoms with Gasteiger partial charge in [-0.15, -0.1) is 0 Å². The van der Waals surface area contributed by atoms with Crippen molar-refractivity contribution in [2.45, 2.75) is 84.9 Å². The smallest absolute Gasteiger partial charge is 0.410 e. The van der Waals surface area contributed by atoms with E-state index >= 15 is 0 Å². The summed E-state index contributed by atoms with van der Waals surface area (Å²) in [5.41, 5.74) is 2.40. The Balaban J connectivity index is 1.60. The Morgan fingerprint density at radius 1 is 1.11 bits per heavy atom. The van der Waals surface area contributed by atoms with Crippen LogP contribution in [0.2, 0.25) is 5.02 Å². The van der Waals surface area contributed by atoms with Crippen LogP contribution in [0.3, 0.4) is 0 Å². The van der Waals surface area contributed by atoms with E-state index in [1.807, 2.05) is 19.1 Å². The Bertz CT molecular complexity index is 968. The maximum absolute atomic E-state index is 12.9. The van der Waals surface area contributed by atoms with Gasteiger partial charge in [0.1, 0.15) is 5.60 Å². The fraction of sp³-hybridized carbons (Fsp3) is 0.679. The molecule has 0 aromatic heterocycles. The number of rotatable bonds is 7. The second-order valence-electron chi connectivity index (χ2n) is 11.5. The second kappa shape index (κ2) is 12.0. The number of nitrogens with zero attached hydrogens (tertiary/aromatic N) is 3. The van der Waals surface area contributed by atoms with Crippen LogP contribution in [0, 0.1) is 12.8 Å². The molecule has 1 heterocycles. The van der Waals surface area contributed by atoms with Gasteiger partial charge in [-0.25, -0.2) is 4.79 Å². The summed E-state index contributed by atoms with van der Waals surface area (Å²) in [6.45, 7) is 12.6. The predicted octanol–water partition coefficient (Wildman–Crippen LogP) is 4.85. The Hall–Kier alpha value is -2.12. The summed E-state index contributed by atoms with van der Waals surface area (Å²) in [4.78, 5) is 43.7. The van der Waals surface area contributed by atoms with Crippen molar-refractivity contribution >= 4 is 29.4 Å². The molecule has 0 bridgehead atoms. The van der Waals surface area contributed by atoms with Gasteiger partial charge in [-0.05, 0) is 76.3 Å². The Morgan fingerprint density at radius 2 is 1.75 bits per heavy atom. The first-order valence-electron chi connectivity index (χ1n) is 13.1. The van der Waals surface area contributed by atoms with Crippen molar-refractivity contribution in [2.24, 2.45) is 5.92 Å². The monoisotopic (exact) mass is 519 g/mol. The van der Waals surface area contributed by atoms with E-state index in [4.69, 9.17) is 16.3 Å². The zero-order chi connectivity index (χ0) is 26.6. The van der Waals surface area contributed by atoms with Gasteiger partial charge >= 0.3 is 6.09 Å². The first-order chi connectivity index (χ1) is 16.8. The Morgan fingerprint density at radius 3 is 2.36 bits per heavy atom. The molecular formula is C28H42ClN3O4. The third-order valence-corrected chi connectivity index (χ3v) is 7.41. The maximum Gasteiger partial charge on any atom is 0.410 e. The van der Waals surface area contributed by atoms with Crippen LogP contribution in [-0.2, 0) is 27.3 Å². The van der Waals surface area contributed by atoms with Crippen LogP contribution in [0.1, 0.15) is 70.1 Å². The molecule has 1 aromatic rings. The lowest BCUT2D eigenvalue weighted by atomic mass is 9.97. The van der Waals surface area contributed by atoms with Crippen LogP contribution in [0.4, 0.5) is 4.79 Å². The highest BCUT2D eigenvalue weighted by Gasteiger charge is 2.33. The van der Waals surface area contributed by atoms with Crippen molar-refractivity contribution in [3.63, 3.8) is 0 Å². The van der Waals surface area contributed by atoms with Gasteiger partial charge in [0.05, 0.1) is 6.54 Å². The fourth-order valence-electron chi connectivity index (χ4n) is 5.23. The third kappa shape index (κ3) is 7.69. The number of halogens is 1. The minimum Gasteiger partial charge on any atom is -0.444 e. The standard InChI is InChI=1S/C28H42ClN3O4/c1-19-16-31(11-12-32(19)26(34)21-9-7-8-10-21)17-23-14-24(29)13-22(20(23)2)15-25(33)18-30(6)27(35)36-28(3,4)5/h13-14,19,21H,7-12,15-18H2,1-6H3/t19-/m0/s1. The number of likely N-dealkylation sites (N-methyl/N-ethyl adjacent to an activating group) is 1. The quantitative estimate of drug-likeness (QED) is 0.515. The molecule has 0 unspecified atom stereocenters. The number of benzene rings is 1. The largest absolute Gasteiger partial charge is 0.444 e. The van der Waals surface area contributed by atoms with Gasteiger partial charge in [-0.1, -0.05) is 24.4 Å². The lowest BCUT2D eigenvalue weighted by Crippen LogP contribution is -2.54. The molecule has 200 valence electrons. The van der Waals surface area contributed by atoms with Crippen LogP contribution < -0.4 is 0 Å². The van der Waals surface area contributed by atoms with Crippen LogP contribution in [0.15, 0.2) is 12.1 Å². The Labute approximate surface area is 221 Å². The summed E-state index contributed by atoms with van der Waals surface area (Å²) < 4.78 is 5.34. The highest BCUT2D eigenvalue weighted by Crippen LogP contribution is 2.29. The number of amides is 2. The van der Waals surface area contributed by atoms with Crippen LogP contribution in [-0.4, -0.2) is 77.4 Å². The molecule has 0 radical (unpaired) electrons. The van der Waals surface area contributed by atoms with Crippen molar-refractivity contribution in [3.05, 3.63) is 33.8 Å². The van der Waals surface area contributed by atoms with Crippen molar-refractivity contribution in [2.75, 3.05) is 33.2 Å². The molecule has 2 amide bonds. The number of carbonyl (C=O) groups is 3. The number of hydrogen-bond donors (Lipinski definition) is 0. The van der Waals surface area contributed by atoms with Crippen molar-refractivity contribution in [3.8, 4) is 0 Å². The normalized spacial score (nSPS) is 19.4. The Kier molecular flexibility index (Phi) is 9.44. The average molecular weight is 520 g/mol.